The van der Waals surface area contributed by atoms with Crippen molar-refractivity contribution in [1.29, 1.82) is 5.26 Å². The number of hydrogen-bond acceptors (Lipinski definition) is 2. The summed E-state index contributed by atoms with van der Waals surface area (Å²) in [6.45, 7) is 0. The fraction of sp³-hybridized carbons (Fsp3) is 0. The highest BCUT2D eigenvalue weighted by Crippen LogP contribution is 2.25. The Hall–Kier alpha value is -2.28. The lowest BCUT2D eigenvalue weighted by molar-refractivity contribution is -0.112. The molecule has 2 aromatic rings. The monoisotopic (exact) mass is 316 g/mol. The molecule has 0 atom stereocenters. The molecular formula is C16H10Cl2N2O. The Balaban J connectivity index is 2.24. The Morgan fingerprint density at radius 3 is 2.52 bits per heavy atom. The number of rotatable bonds is 3. The van der Waals surface area contributed by atoms with Gasteiger partial charge in [0.05, 0.1) is 10.7 Å². The summed E-state index contributed by atoms with van der Waals surface area (Å²) < 4.78 is 0. The molecule has 2 rings (SSSR count). The van der Waals surface area contributed by atoms with Crippen LogP contribution in [0.4, 0.5) is 5.69 Å². The highest BCUT2D eigenvalue weighted by molar-refractivity contribution is 6.36. The van der Waals surface area contributed by atoms with Crippen LogP contribution >= 0.6 is 23.2 Å². The molecule has 1 amide bonds. The Kier molecular flexibility index (Phi) is 4.99. The lowest BCUT2D eigenvalue weighted by atomic mass is 10.1. The molecule has 21 heavy (non-hydrogen) atoms. The molecule has 0 saturated carbocycles. The van der Waals surface area contributed by atoms with Crippen LogP contribution in [0.1, 0.15) is 5.56 Å². The quantitative estimate of drug-likeness (QED) is 0.667. The Labute approximate surface area is 132 Å². The van der Waals surface area contributed by atoms with Crippen molar-refractivity contribution in [2.45, 2.75) is 0 Å². The van der Waals surface area contributed by atoms with E-state index in [1.807, 2.05) is 24.3 Å². The predicted molar refractivity (Wildman–Crippen MR) is 85.1 cm³/mol. The maximum absolute atomic E-state index is 12.1. The molecule has 1 N–H and O–H groups in total. The number of hydrogen-bond donors (Lipinski definition) is 1. The minimum Gasteiger partial charge on any atom is -0.320 e. The highest BCUT2D eigenvalue weighted by atomic mass is 35.5. The van der Waals surface area contributed by atoms with E-state index in [1.54, 1.807) is 24.3 Å². The lowest BCUT2D eigenvalue weighted by Crippen LogP contribution is -2.13. The number of anilines is 1. The zero-order valence-corrected chi connectivity index (χ0v) is 12.3. The number of nitriles is 1. The first kappa shape index (κ1) is 15.1. The zero-order valence-electron chi connectivity index (χ0n) is 10.8. The van der Waals surface area contributed by atoms with E-state index >= 15 is 0 Å². The zero-order chi connectivity index (χ0) is 15.2. The number of carbonyl (C=O) groups is 1. The van der Waals surface area contributed by atoms with Crippen molar-refractivity contribution >= 4 is 40.9 Å². The lowest BCUT2D eigenvalue weighted by Gasteiger charge is -2.07. The molecule has 2 aromatic carbocycles. The number of carbonyl (C=O) groups excluding carboxylic acids is 1. The summed E-state index contributed by atoms with van der Waals surface area (Å²) in [5.41, 5.74) is 1.11. The van der Waals surface area contributed by atoms with E-state index < -0.39 is 5.91 Å². The largest absolute Gasteiger partial charge is 0.320 e. The SMILES string of the molecule is N#C/C(=C\c1ccccc1)C(=O)Nc1cc(Cl)ccc1Cl. The van der Waals surface area contributed by atoms with Gasteiger partial charge < -0.3 is 5.32 Å². The standard InChI is InChI=1S/C16H10Cl2N2O/c17-13-6-7-14(18)15(9-13)20-16(21)12(10-19)8-11-4-2-1-3-5-11/h1-9H,(H,20,21)/b12-8+. The van der Waals surface area contributed by atoms with Crippen LogP contribution in [0.3, 0.4) is 0 Å². The van der Waals surface area contributed by atoms with E-state index in [0.717, 1.165) is 5.56 Å². The van der Waals surface area contributed by atoms with Gasteiger partial charge >= 0.3 is 0 Å². The number of benzene rings is 2. The van der Waals surface area contributed by atoms with Crippen LogP contribution in [0.5, 0.6) is 0 Å². The molecule has 0 bridgehead atoms. The van der Waals surface area contributed by atoms with Crippen LogP contribution in [0.2, 0.25) is 10.0 Å². The molecular weight excluding hydrogens is 307 g/mol. The van der Waals surface area contributed by atoms with Crippen molar-refractivity contribution in [3.63, 3.8) is 0 Å². The van der Waals surface area contributed by atoms with Gasteiger partial charge in [0, 0.05) is 5.02 Å². The summed E-state index contributed by atoms with van der Waals surface area (Å²) in [7, 11) is 0. The van der Waals surface area contributed by atoms with Crippen molar-refractivity contribution in [3.05, 3.63) is 69.7 Å². The smallest absolute Gasteiger partial charge is 0.266 e. The fourth-order valence-electron chi connectivity index (χ4n) is 1.65. The molecule has 0 spiro atoms. The molecule has 0 aliphatic rings. The first-order chi connectivity index (χ1) is 10.1. The number of amides is 1. The van der Waals surface area contributed by atoms with E-state index in [0.29, 0.717) is 15.7 Å². The Bertz CT molecular complexity index is 734. The van der Waals surface area contributed by atoms with E-state index in [1.165, 1.54) is 12.1 Å². The average Bonchev–Trinajstić information content (AvgIpc) is 2.49. The predicted octanol–water partition coefficient (Wildman–Crippen LogP) is 4.54. The van der Waals surface area contributed by atoms with Crippen LogP contribution in [0, 0.1) is 11.3 Å². The van der Waals surface area contributed by atoms with Gasteiger partial charge in [0.1, 0.15) is 11.6 Å². The van der Waals surface area contributed by atoms with Crippen molar-refractivity contribution in [2.24, 2.45) is 0 Å². The van der Waals surface area contributed by atoms with Gasteiger partial charge in [-0.15, -0.1) is 0 Å². The van der Waals surface area contributed by atoms with Crippen molar-refractivity contribution in [2.75, 3.05) is 5.32 Å². The van der Waals surface area contributed by atoms with Gasteiger partial charge in [0.25, 0.3) is 5.91 Å². The Morgan fingerprint density at radius 1 is 1.14 bits per heavy atom. The van der Waals surface area contributed by atoms with E-state index in [9.17, 15) is 4.79 Å². The molecule has 0 aromatic heterocycles. The van der Waals surface area contributed by atoms with Crippen LogP contribution in [-0.2, 0) is 4.79 Å². The third-order valence-electron chi connectivity index (χ3n) is 2.65. The maximum Gasteiger partial charge on any atom is 0.266 e. The van der Waals surface area contributed by atoms with Gasteiger partial charge in [-0.25, -0.2) is 0 Å². The minimum absolute atomic E-state index is 0.0164. The number of halogens is 2. The number of nitrogens with zero attached hydrogens (tertiary/aromatic N) is 1. The van der Waals surface area contributed by atoms with Crippen LogP contribution in [0.15, 0.2) is 54.1 Å². The summed E-state index contributed by atoms with van der Waals surface area (Å²) in [6.07, 6.45) is 1.51. The second kappa shape index (κ2) is 6.94. The summed E-state index contributed by atoms with van der Waals surface area (Å²) in [5.74, 6) is -0.537. The minimum atomic E-state index is -0.537. The van der Waals surface area contributed by atoms with Crippen molar-refractivity contribution in [3.8, 4) is 6.07 Å². The summed E-state index contributed by atoms with van der Waals surface area (Å²) in [6, 6.07) is 15.7. The molecule has 0 fully saturated rings. The Morgan fingerprint density at radius 2 is 1.86 bits per heavy atom. The van der Waals surface area contributed by atoms with Gasteiger partial charge in [-0.05, 0) is 29.8 Å². The van der Waals surface area contributed by atoms with Crippen LogP contribution < -0.4 is 5.32 Å². The van der Waals surface area contributed by atoms with E-state index in [4.69, 9.17) is 28.5 Å². The molecule has 0 radical (unpaired) electrons. The normalized spacial score (nSPS) is 10.8. The van der Waals surface area contributed by atoms with Crippen LogP contribution in [0.25, 0.3) is 6.08 Å². The summed E-state index contributed by atoms with van der Waals surface area (Å²) in [5, 5.41) is 12.5. The highest BCUT2D eigenvalue weighted by Gasteiger charge is 2.11. The van der Waals surface area contributed by atoms with Gasteiger partial charge in [-0.2, -0.15) is 5.26 Å². The molecule has 0 unspecified atom stereocenters. The van der Waals surface area contributed by atoms with Gasteiger partial charge in [-0.1, -0.05) is 53.5 Å². The van der Waals surface area contributed by atoms with Gasteiger partial charge in [0.15, 0.2) is 0 Å². The summed E-state index contributed by atoms with van der Waals surface area (Å²) in [4.78, 5) is 12.1. The first-order valence-corrected chi connectivity index (χ1v) is 6.79. The first-order valence-electron chi connectivity index (χ1n) is 6.03. The van der Waals surface area contributed by atoms with Gasteiger partial charge in [0.2, 0.25) is 0 Å². The average molecular weight is 317 g/mol. The molecule has 0 aliphatic heterocycles. The topological polar surface area (TPSA) is 52.9 Å². The van der Waals surface area contributed by atoms with Crippen molar-refractivity contribution < 1.29 is 4.79 Å². The van der Waals surface area contributed by atoms with E-state index in [-0.39, 0.29) is 5.57 Å². The second-order valence-electron chi connectivity index (χ2n) is 4.16. The van der Waals surface area contributed by atoms with Gasteiger partial charge in [-0.3, -0.25) is 4.79 Å². The number of nitrogens with one attached hydrogen (secondary N) is 1. The molecule has 0 aliphatic carbocycles. The second-order valence-corrected chi connectivity index (χ2v) is 5.00. The third kappa shape index (κ3) is 4.09. The third-order valence-corrected chi connectivity index (χ3v) is 3.22. The molecule has 0 heterocycles. The molecule has 104 valence electrons. The van der Waals surface area contributed by atoms with Crippen molar-refractivity contribution in [1.82, 2.24) is 0 Å². The molecule has 5 heteroatoms. The fourth-order valence-corrected chi connectivity index (χ4v) is 1.98. The molecule has 0 saturated heterocycles. The summed E-state index contributed by atoms with van der Waals surface area (Å²) >= 11 is 11.8. The van der Waals surface area contributed by atoms with E-state index in [2.05, 4.69) is 5.32 Å². The maximum atomic E-state index is 12.1. The molecule has 3 nitrogen and oxygen atoms in total. The van der Waals surface area contributed by atoms with Crippen LogP contribution in [-0.4, -0.2) is 5.91 Å².